The standard InChI is InChI=1S/C66H118O6/c1-4-7-10-13-15-17-19-21-23-25-26-27-28-29-30-31-32-33-34-35-36-37-38-39-41-42-44-46-48-50-53-56-59-65(68)71-62-63(61-70-64(67)58-55-52-12-9-6-3)72-66(69)60-57-54-51-49-47-45-43-40-24-22-20-18-16-14-11-8-5-2/h8,11,16,18,22,24,43,45,49,51,63H,4-7,9-10,12-15,17,19-21,23,25-42,44,46-48,50,52-62H2,1-3H3/b11-8-,18-16-,24-22-,45-43-,51-49-. The number of hydrogen-bond acceptors (Lipinski definition) is 6. The molecule has 0 rings (SSSR count). The van der Waals surface area contributed by atoms with Gasteiger partial charge in [-0.05, 0) is 57.8 Å². The van der Waals surface area contributed by atoms with Crippen LogP contribution in [0.15, 0.2) is 60.8 Å². The van der Waals surface area contributed by atoms with Gasteiger partial charge in [0, 0.05) is 19.3 Å². The van der Waals surface area contributed by atoms with Gasteiger partial charge in [0.1, 0.15) is 13.2 Å². The lowest BCUT2D eigenvalue weighted by atomic mass is 10.0. The van der Waals surface area contributed by atoms with Gasteiger partial charge in [-0.1, -0.05) is 306 Å². The molecular formula is C66H118O6. The van der Waals surface area contributed by atoms with E-state index in [1.54, 1.807) is 0 Å². The summed E-state index contributed by atoms with van der Waals surface area (Å²) in [6.45, 7) is 6.43. The maximum atomic E-state index is 12.7. The zero-order valence-electron chi connectivity index (χ0n) is 47.9. The largest absolute Gasteiger partial charge is 0.462 e. The van der Waals surface area contributed by atoms with E-state index < -0.39 is 6.10 Å². The molecule has 0 aromatic carbocycles. The highest BCUT2D eigenvalue weighted by Crippen LogP contribution is 2.18. The number of allylic oxidation sites excluding steroid dienone is 10. The molecule has 72 heavy (non-hydrogen) atoms. The normalized spacial score (nSPS) is 12.4. The second-order valence-electron chi connectivity index (χ2n) is 21.0. The third-order valence-electron chi connectivity index (χ3n) is 13.8. The lowest BCUT2D eigenvalue weighted by Gasteiger charge is -2.18. The zero-order chi connectivity index (χ0) is 52.2. The second kappa shape index (κ2) is 60.7. The van der Waals surface area contributed by atoms with E-state index in [9.17, 15) is 14.4 Å². The average Bonchev–Trinajstić information content (AvgIpc) is 3.38. The number of carbonyl (C=O) groups is 3. The van der Waals surface area contributed by atoms with Gasteiger partial charge in [0.25, 0.3) is 0 Å². The Labute approximate surface area is 447 Å². The third kappa shape index (κ3) is 58.0. The van der Waals surface area contributed by atoms with Crippen LogP contribution in [-0.4, -0.2) is 37.2 Å². The molecule has 0 amide bonds. The fourth-order valence-electron chi connectivity index (χ4n) is 9.13. The summed E-state index contributed by atoms with van der Waals surface area (Å²) >= 11 is 0. The highest BCUT2D eigenvalue weighted by Gasteiger charge is 2.19. The van der Waals surface area contributed by atoms with Crippen LogP contribution in [0.3, 0.4) is 0 Å². The maximum absolute atomic E-state index is 12.7. The molecule has 6 heteroatoms. The lowest BCUT2D eigenvalue weighted by Crippen LogP contribution is -2.30. The Morgan fingerprint density at radius 2 is 0.542 bits per heavy atom. The van der Waals surface area contributed by atoms with Crippen LogP contribution in [-0.2, 0) is 28.6 Å². The Bertz CT molecular complexity index is 1290. The van der Waals surface area contributed by atoms with Crippen LogP contribution in [0.4, 0.5) is 0 Å². The van der Waals surface area contributed by atoms with Crippen LogP contribution < -0.4 is 0 Å². The van der Waals surface area contributed by atoms with Crippen LogP contribution in [0.25, 0.3) is 0 Å². The van der Waals surface area contributed by atoms with Crippen molar-refractivity contribution in [2.45, 2.75) is 329 Å². The number of carbonyl (C=O) groups excluding carboxylic acids is 3. The van der Waals surface area contributed by atoms with Crippen LogP contribution in [0.2, 0.25) is 0 Å². The first-order chi connectivity index (χ1) is 35.5. The number of hydrogen-bond donors (Lipinski definition) is 0. The predicted molar refractivity (Wildman–Crippen MR) is 312 cm³/mol. The summed E-state index contributed by atoms with van der Waals surface area (Å²) in [5.41, 5.74) is 0. The summed E-state index contributed by atoms with van der Waals surface area (Å²) in [6.07, 6.45) is 77.4. The molecule has 0 bridgehead atoms. The minimum Gasteiger partial charge on any atom is -0.462 e. The van der Waals surface area contributed by atoms with E-state index in [0.717, 1.165) is 83.5 Å². The van der Waals surface area contributed by atoms with Gasteiger partial charge in [0.15, 0.2) is 6.10 Å². The summed E-state index contributed by atoms with van der Waals surface area (Å²) in [6, 6.07) is 0. The molecule has 1 atom stereocenters. The van der Waals surface area contributed by atoms with E-state index in [1.807, 2.05) is 0 Å². The van der Waals surface area contributed by atoms with Crippen LogP contribution in [0.5, 0.6) is 0 Å². The smallest absolute Gasteiger partial charge is 0.306 e. The van der Waals surface area contributed by atoms with Crippen LogP contribution in [0.1, 0.15) is 323 Å². The summed E-state index contributed by atoms with van der Waals surface area (Å²) in [7, 11) is 0. The minimum atomic E-state index is -0.799. The van der Waals surface area contributed by atoms with Gasteiger partial charge in [-0.25, -0.2) is 0 Å². The fraction of sp³-hybridized carbons (Fsp3) is 0.803. The van der Waals surface area contributed by atoms with Crippen molar-refractivity contribution in [2.24, 2.45) is 0 Å². The molecule has 0 fully saturated rings. The monoisotopic (exact) mass is 1010 g/mol. The van der Waals surface area contributed by atoms with Gasteiger partial charge < -0.3 is 14.2 Å². The lowest BCUT2D eigenvalue weighted by molar-refractivity contribution is -0.167. The van der Waals surface area contributed by atoms with Crippen molar-refractivity contribution in [1.82, 2.24) is 0 Å². The molecule has 0 aromatic heterocycles. The fourth-order valence-corrected chi connectivity index (χ4v) is 9.13. The SMILES string of the molecule is CC/C=C\C/C=C\C/C=C\C/C=C\C/C=C\CCCC(=O)OC(COC(=O)CCCCCCC)COC(=O)CCCCCCCCCCCCCCCCCCCCCCCCCCCCCCCCCC. The summed E-state index contributed by atoms with van der Waals surface area (Å²) in [5, 5.41) is 0. The molecule has 0 aliphatic heterocycles. The zero-order valence-corrected chi connectivity index (χ0v) is 47.9. The van der Waals surface area contributed by atoms with Gasteiger partial charge in [-0.15, -0.1) is 0 Å². The molecule has 0 heterocycles. The third-order valence-corrected chi connectivity index (χ3v) is 13.8. The molecular weight excluding hydrogens is 889 g/mol. The first-order valence-corrected chi connectivity index (χ1v) is 31.3. The molecule has 0 spiro atoms. The van der Waals surface area contributed by atoms with E-state index >= 15 is 0 Å². The predicted octanol–water partition coefficient (Wildman–Crippen LogP) is 21.2. The summed E-state index contributed by atoms with van der Waals surface area (Å²) in [5.74, 6) is -0.957. The Hall–Kier alpha value is -2.89. The first kappa shape index (κ1) is 69.1. The summed E-state index contributed by atoms with van der Waals surface area (Å²) < 4.78 is 16.7. The van der Waals surface area contributed by atoms with Gasteiger partial charge in [0.2, 0.25) is 0 Å². The highest BCUT2D eigenvalue weighted by molar-refractivity contribution is 5.71. The quantitative estimate of drug-likeness (QED) is 0.0261. The van der Waals surface area contributed by atoms with Crippen LogP contribution >= 0.6 is 0 Å². The Kier molecular flexibility index (Phi) is 58.2. The summed E-state index contributed by atoms with van der Waals surface area (Å²) in [4.78, 5) is 37.8. The van der Waals surface area contributed by atoms with Crippen molar-refractivity contribution in [2.75, 3.05) is 13.2 Å². The maximum Gasteiger partial charge on any atom is 0.306 e. The number of esters is 3. The van der Waals surface area contributed by atoms with Crippen molar-refractivity contribution in [3.8, 4) is 0 Å². The van der Waals surface area contributed by atoms with E-state index in [0.29, 0.717) is 19.3 Å². The van der Waals surface area contributed by atoms with Crippen molar-refractivity contribution < 1.29 is 28.6 Å². The molecule has 0 radical (unpaired) electrons. The van der Waals surface area contributed by atoms with Crippen LogP contribution in [0, 0.1) is 0 Å². The molecule has 1 unspecified atom stereocenters. The second-order valence-corrected chi connectivity index (χ2v) is 21.0. The number of rotatable bonds is 57. The van der Waals surface area contributed by atoms with E-state index in [2.05, 4.69) is 81.5 Å². The minimum absolute atomic E-state index is 0.0945. The van der Waals surface area contributed by atoms with Gasteiger partial charge in [-0.2, -0.15) is 0 Å². The van der Waals surface area contributed by atoms with Crippen molar-refractivity contribution in [1.29, 1.82) is 0 Å². The molecule has 6 nitrogen and oxygen atoms in total. The Morgan fingerprint density at radius 1 is 0.292 bits per heavy atom. The average molecular weight is 1010 g/mol. The van der Waals surface area contributed by atoms with Gasteiger partial charge in [-0.3, -0.25) is 14.4 Å². The Balaban J connectivity index is 3.95. The molecule has 0 saturated heterocycles. The molecule has 418 valence electrons. The number of unbranched alkanes of at least 4 members (excludes halogenated alkanes) is 36. The Morgan fingerprint density at radius 3 is 0.833 bits per heavy atom. The van der Waals surface area contributed by atoms with E-state index in [4.69, 9.17) is 14.2 Å². The van der Waals surface area contributed by atoms with Crippen molar-refractivity contribution >= 4 is 17.9 Å². The molecule has 0 aromatic rings. The molecule has 0 aliphatic rings. The van der Waals surface area contributed by atoms with E-state index in [1.165, 1.54) is 193 Å². The van der Waals surface area contributed by atoms with Crippen molar-refractivity contribution in [3.05, 3.63) is 60.8 Å². The molecule has 0 aliphatic carbocycles. The topological polar surface area (TPSA) is 78.9 Å². The first-order valence-electron chi connectivity index (χ1n) is 31.3. The van der Waals surface area contributed by atoms with E-state index in [-0.39, 0.29) is 37.5 Å². The number of ether oxygens (including phenoxy) is 3. The van der Waals surface area contributed by atoms with Gasteiger partial charge in [0.05, 0.1) is 0 Å². The van der Waals surface area contributed by atoms with Gasteiger partial charge >= 0.3 is 17.9 Å². The molecule has 0 N–H and O–H groups in total. The van der Waals surface area contributed by atoms with Crippen molar-refractivity contribution in [3.63, 3.8) is 0 Å². The molecule has 0 saturated carbocycles. The highest BCUT2D eigenvalue weighted by atomic mass is 16.6.